The van der Waals surface area contributed by atoms with Crippen LogP contribution in [0.5, 0.6) is 0 Å². The summed E-state index contributed by atoms with van der Waals surface area (Å²) in [5, 5.41) is 6.26. The van der Waals surface area contributed by atoms with Crippen LogP contribution in [0.25, 0.3) is 0 Å². The zero-order valence-corrected chi connectivity index (χ0v) is 17.0. The molecule has 3 amide bonds. The molecular formula is C22H24ClN3O3. The fourth-order valence-corrected chi connectivity index (χ4v) is 3.45. The van der Waals surface area contributed by atoms with Crippen molar-refractivity contribution < 1.29 is 14.4 Å². The monoisotopic (exact) mass is 413 g/mol. The summed E-state index contributed by atoms with van der Waals surface area (Å²) in [6.07, 6.45) is 1.88. The van der Waals surface area contributed by atoms with Gasteiger partial charge in [-0.2, -0.15) is 0 Å². The highest BCUT2D eigenvalue weighted by Crippen LogP contribution is 2.22. The maximum Gasteiger partial charge on any atom is 0.253 e. The number of benzene rings is 2. The molecule has 2 aromatic carbocycles. The van der Waals surface area contributed by atoms with E-state index in [9.17, 15) is 14.4 Å². The Morgan fingerprint density at radius 3 is 2.45 bits per heavy atom. The minimum absolute atomic E-state index is 0.0860. The van der Waals surface area contributed by atoms with Gasteiger partial charge in [-0.3, -0.25) is 14.4 Å². The molecular weight excluding hydrogens is 390 g/mol. The number of carbonyl (C=O) groups excluding carboxylic acids is 3. The van der Waals surface area contributed by atoms with Crippen LogP contribution in [0.3, 0.4) is 0 Å². The Morgan fingerprint density at radius 1 is 1.07 bits per heavy atom. The quantitative estimate of drug-likeness (QED) is 0.771. The van der Waals surface area contributed by atoms with Gasteiger partial charge in [0.05, 0.1) is 5.92 Å². The third-order valence-corrected chi connectivity index (χ3v) is 5.16. The maximum absolute atomic E-state index is 12.8. The number of hydrogen-bond donors (Lipinski definition) is 2. The van der Waals surface area contributed by atoms with Crippen LogP contribution in [0, 0.1) is 5.92 Å². The van der Waals surface area contributed by atoms with Gasteiger partial charge in [0.2, 0.25) is 11.8 Å². The van der Waals surface area contributed by atoms with Crippen LogP contribution in [0.4, 0.5) is 11.4 Å². The van der Waals surface area contributed by atoms with Crippen LogP contribution in [0.1, 0.15) is 36.5 Å². The summed E-state index contributed by atoms with van der Waals surface area (Å²) >= 11 is 5.89. The lowest BCUT2D eigenvalue weighted by Gasteiger charge is -2.32. The third-order valence-electron chi connectivity index (χ3n) is 4.91. The van der Waals surface area contributed by atoms with Gasteiger partial charge in [0, 0.05) is 41.5 Å². The number of likely N-dealkylation sites (tertiary alicyclic amines) is 1. The van der Waals surface area contributed by atoms with Crippen molar-refractivity contribution >= 4 is 40.7 Å². The van der Waals surface area contributed by atoms with Gasteiger partial charge in [-0.05, 0) is 55.3 Å². The molecule has 1 atom stereocenters. The first kappa shape index (κ1) is 20.9. The number of amides is 3. The summed E-state index contributed by atoms with van der Waals surface area (Å²) in [5.74, 6) is -0.591. The second-order valence-electron chi connectivity index (χ2n) is 7.07. The lowest BCUT2D eigenvalue weighted by Crippen LogP contribution is -2.43. The predicted molar refractivity (Wildman–Crippen MR) is 114 cm³/mol. The Balaban J connectivity index is 1.62. The normalized spacial score (nSPS) is 16.2. The van der Waals surface area contributed by atoms with Crippen molar-refractivity contribution in [2.45, 2.75) is 26.2 Å². The second kappa shape index (κ2) is 9.56. The average molecular weight is 414 g/mol. The fourth-order valence-electron chi connectivity index (χ4n) is 3.32. The molecule has 1 aliphatic rings. The molecule has 1 fully saturated rings. The van der Waals surface area contributed by atoms with Gasteiger partial charge in [0.25, 0.3) is 5.91 Å². The number of piperidine rings is 1. The molecule has 152 valence electrons. The van der Waals surface area contributed by atoms with Crippen molar-refractivity contribution in [2.24, 2.45) is 5.92 Å². The standard InChI is InChI=1S/C22H24ClN3O3/c1-2-20(27)24-18-6-3-7-19(13-18)25-21(28)16-5-4-12-26(14-16)22(29)15-8-10-17(23)11-9-15/h3,6-11,13,16H,2,4-5,12,14H2,1H3,(H,24,27)(H,25,28). The van der Waals surface area contributed by atoms with Gasteiger partial charge < -0.3 is 15.5 Å². The topological polar surface area (TPSA) is 78.5 Å². The molecule has 6 nitrogen and oxygen atoms in total. The minimum atomic E-state index is -0.283. The van der Waals surface area contributed by atoms with E-state index < -0.39 is 0 Å². The van der Waals surface area contributed by atoms with Gasteiger partial charge in [0.1, 0.15) is 0 Å². The van der Waals surface area contributed by atoms with E-state index in [1.165, 1.54) is 0 Å². The minimum Gasteiger partial charge on any atom is -0.338 e. The molecule has 1 aliphatic heterocycles. The Labute approximate surface area is 175 Å². The largest absolute Gasteiger partial charge is 0.338 e. The molecule has 1 heterocycles. The van der Waals surface area contributed by atoms with E-state index in [0.29, 0.717) is 41.5 Å². The first-order valence-corrected chi connectivity index (χ1v) is 10.1. The van der Waals surface area contributed by atoms with Gasteiger partial charge in [0.15, 0.2) is 0 Å². The summed E-state index contributed by atoms with van der Waals surface area (Å²) in [6.45, 7) is 2.78. The Bertz CT molecular complexity index is 898. The number of halogens is 1. The van der Waals surface area contributed by atoms with Crippen molar-refractivity contribution in [1.29, 1.82) is 0 Å². The Kier molecular flexibility index (Phi) is 6.88. The summed E-state index contributed by atoms with van der Waals surface area (Å²) in [5.41, 5.74) is 1.82. The molecule has 1 unspecified atom stereocenters. The molecule has 3 rings (SSSR count). The Hall–Kier alpha value is -2.86. The van der Waals surface area contributed by atoms with Crippen LogP contribution in [-0.2, 0) is 9.59 Å². The summed E-state index contributed by atoms with van der Waals surface area (Å²) < 4.78 is 0. The lowest BCUT2D eigenvalue weighted by atomic mass is 9.96. The number of hydrogen-bond acceptors (Lipinski definition) is 3. The zero-order valence-electron chi connectivity index (χ0n) is 16.3. The molecule has 0 spiro atoms. The van der Waals surface area contributed by atoms with Crippen molar-refractivity contribution in [1.82, 2.24) is 4.90 Å². The first-order chi connectivity index (χ1) is 14.0. The number of nitrogens with zero attached hydrogens (tertiary/aromatic N) is 1. The molecule has 2 aromatic rings. The van der Waals surface area contributed by atoms with Gasteiger partial charge in [-0.15, -0.1) is 0 Å². The molecule has 0 saturated carbocycles. The van der Waals surface area contributed by atoms with E-state index in [-0.39, 0.29) is 23.6 Å². The van der Waals surface area contributed by atoms with E-state index in [2.05, 4.69) is 10.6 Å². The predicted octanol–water partition coefficient (Wildman–Crippen LogP) is 4.18. The smallest absolute Gasteiger partial charge is 0.253 e. The van der Waals surface area contributed by atoms with Gasteiger partial charge in [-0.1, -0.05) is 24.6 Å². The highest BCUT2D eigenvalue weighted by Gasteiger charge is 2.29. The van der Waals surface area contributed by atoms with Crippen molar-refractivity contribution in [2.75, 3.05) is 23.7 Å². The van der Waals surface area contributed by atoms with Gasteiger partial charge >= 0.3 is 0 Å². The van der Waals surface area contributed by atoms with Crippen molar-refractivity contribution in [3.05, 3.63) is 59.1 Å². The van der Waals surface area contributed by atoms with E-state index in [0.717, 1.165) is 12.8 Å². The van der Waals surface area contributed by atoms with Crippen LogP contribution < -0.4 is 10.6 Å². The first-order valence-electron chi connectivity index (χ1n) is 9.72. The molecule has 7 heteroatoms. The summed E-state index contributed by atoms with van der Waals surface area (Å²) in [7, 11) is 0. The summed E-state index contributed by atoms with van der Waals surface area (Å²) in [6, 6.07) is 13.8. The van der Waals surface area contributed by atoms with Gasteiger partial charge in [-0.25, -0.2) is 0 Å². The second-order valence-corrected chi connectivity index (χ2v) is 7.51. The Morgan fingerprint density at radius 2 is 1.76 bits per heavy atom. The molecule has 1 saturated heterocycles. The van der Waals surface area contributed by atoms with E-state index in [1.807, 2.05) is 0 Å². The highest BCUT2D eigenvalue weighted by atomic mass is 35.5. The molecule has 29 heavy (non-hydrogen) atoms. The highest BCUT2D eigenvalue weighted by molar-refractivity contribution is 6.30. The molecule has 2 N–H and O–H groups in total. The summed E-state index contributed by atoms with van der Waals surface area (Å²) in [4.78, 5) is 38.7. The SMILES string of the molecule is CCC(=O)Nc1cccc(NC(=O)C2CCCN(C(=O)c3ccc(Cl)cc3)C2)c1. The maximum atomic E-state index is 12.8. The molecule has 0 bridgehead atoms. The van der Waals surface area contributed by atoms with Crippen LogP contribution in [0.15, 0.2) is 48.5 Å². The van der Waals surface area contributed by atoms with Crippen LogP contribution in [0.2, 0.25) is 5.02 Å². The van der Waals surface area contributed by atoms with Crippen LogP contribution >= 0.6 is 11.6 Å². The van der Waals surface area contributed by atoms with E-state index >= 15 is 0 Å². The lowest BCUT2D eigenvalue weighted by molar-refractivity contribution is -0.121. The number of anilines is 2. The van der Waals surface area contributed by atoms with E-state index in [1.54, 1.807) is 60.4 Å². The fraction of sp³-hybridized carbons (Fsp3) is 0.318. The van der Waals surface area contributed by atoms with Crippen LogP contribution in [-0.4, -0.2) is 35.7 Å². The third kappa shape index (κ3) is 5.57. The molecule has 0 aromatic heterocycles. The zero-order chi connectivity index (χ0) is 20.8. The average Bonchev–Trinajstić information content (AvgIpc) is 2.74. The molecule has 0 aliphatic carbocycles. The van der Waals surface area contributed by atoms with E-state index in [4.69, 9.17) is 11.6 Å². The number of rotatable bonds is 5. The van der Waals surface area contributed by atoms with Crippen molar-refractivity contribution in [3.63, 3.8) is 0 Å². The molecule has 0 radical (unpaired) electrons. The van der Waals surface area contributed by atoms with Crippen molar-refractivity contribution in [3.8, 4) is 0 Å². The number of nitrogens with one attached hydrogen (secondary N) is 2. The number of carbonyl (C=O) groups is 3.